The number of amides is 1. The first-order valence-corrected chi connectivity index (χ1v) is 5.96. The Morgan fingerprint density at radius 3 is 3.00 bits per heavy atom. The highest BCUT2D eigenvalue weighted by Gasteiger charge is 2.21. The minimum Gasteiger partial charge on any atom is -0.482 e. The number of rotatable bonds is 1. The zero-order chi connectivity index (χ0) is 14.3. The smallest absolute Gasteiger partial charge is 0.262 e. The van der Waals surface area contributed by atoms with E-state index in [1.165, 1.54) is 0 Å². The molecule has 1 aliphatic rings. The number of hydrogen-bond acceptors (Lipinski definition) is 5. The van der Waals surface area contributed by atoms with E-state index in [9.17, 15) is 4.79 Å². The van der Waals surface area contributed by atoms with Gasteiger partial charge in [-0.15, -0.1) is 0 Å². The molecule has 3 rings (SSSR count). The molecule has 1 amide bonds. The number of ether oxygens (including phenoxy) is 1. The molecular weight excluding hydrogens is 258 g/mol. The lowest BCUT2D eigenvalue weighted by Gasteiger charge is -2.18. The van der Waals surface area contributed by atoms with Crippen molar-refractivity contribution in [2.45, 2.75) is 6.92 Å². The monoisotopic (exact) mass is 269 g/mol. The second-order valence-corrected chi connectivity index (χ2v) is 4.43. The Morgan fingerprint density at radius 2 is 2.25 bits per heavy atom. The van der Waals surface area contributed by atoms with Gasteiger partial charge in [0.2, 0.25) is 5.88 Å². The van der Waals surface area contributed by atoms with Crippen molar-refractivity contribution in [2.24, 2.45) is 0 Å². The van der Waals surface area contributed by atoms with Crippen LogP contribution in [0.3, 0.4) is 0 Å². The Morgan fingerprint density at radius 1 is 1.45 bits per heavy atom. The largest absolute Gasteiger partial charge is 0.482 e. The number of nitriles is 1. The quantitative estimate of drug-likeness (QED) is 0.824. The molecule has 0 unspecified atom stereocenters. The van der Waals surface area contributed by atoms with Gasteiger partial charge in [-0.1, -0.05) is 6.07 Å². The lowest BCUT2D eigenvalue weighted by Crippen LogP contribution is -2.25. The van der Waals surface area contributed by atoms with Gasteiger partial charge >= 0.3 is 0 Å². The number of nitrogen functional groups attached to an aromatic ring is 1. The van der Waals surface area contributed by atoms with Gasteiger partial charge in [0.15, 0.2) is 6.61 Å². The number of anilines is 2. The normalized spacial score (nSPS) is 13.1. The Kier molecular flexibility index (Phi) is 2.61. The van der Waals surface area contributed by atoms with Crippen molar-refractivity contribution in [2.75, 3.05) is 17.7 Å². The molecule has 2 aromatic rings. The average molecular weight is 269 g/mol. The van der Waals surface area contributed by atoms with Crippen LogP contribution >= 0.6 is 0 Å². The molecule has 0 radical (unpaired) electrons. The summed E-state index contributed by atoms with van der Waals surface area (Å²) in [7, 11) is 0. The molecule has 1 aliphatic heterocycles. The summed E-state index contributed by atoms with van der Waals surface area (Å²) in [6, 6.07) is 7.32. The molecule has 0 atom stereocenters. The van der Waals surface area contributed by atoms with E-state index in [1.54, 1.807) is 25.1 Å². The van der Waals surface area contributed by atoms with Gasteiger partial charge in [-0.05, 0) is 24.6 Å². The number of hydrogen-bond donors (Lipinski definition) is 2. The summed E-state index contributed by atoms with van der Waals surface area (Å²) in [5.41, 5.74) is 7.91. The van der Waals surface area contributed by atoms with E-state index in [2.05, 4.69) is 5.32 Å². The summed E-state index contributed by atoms with van der Waals surface area (Å²) in [6.07, 6.45) is 0. The van der Waals surface area contributed by atoms with Gasteiger partial charge in [0.1, 0.15) is 23.1 Å². The Labute approximate surface area is 114 Å². The maximum Gasteiger partial charge on any atom is 0.262 e. The zero-order valence-corrected chi connectivity index (χ0v) is 10.7. The third-order valence-corrected chi connectivity index (χ3v) is 3.12. The van der Waals surface area contributed by atoms with Crippen molar-refractivity contribution in [1.29, 1.82) is 5.26 Å². The molecule has 20 heavy (non-hydrogen) atoms. The summed E-state index contributed by atoms with van der Waals surface area (Å²) >= 11 is 0. The van der Waals surface area contributed by atoms with Crippen LogP contribution in [-0.2, 0) is 4.79 Å². The molecule has 1 aromatic carbocycles. The Hall–Kier alpha value is -2.94. The number of nitrogens with two attached hydrogens (primary N) is 1. The topological polar surface area (TPSA) is 101 Å². The van der Waals surface area contributed by atoms with Crippen molar-refractivity contribution < 1.29 is 13.9 Å². The maximum absolute atomic E-state index is 11.3. The summed E-state index contributed by atoms with van der Waals surface area (Å²) in [5.74, 6) is 1.04. The predicted octanol–water partition coefficient (Wildman–Crippen LogP) is 2.04. The molecule has 0 aliphatic carbocycles. The fourth-order valence-electron chi connectivity index (χ4n) is 2.26. The van der Waals surface area contributed by atoms with E-state index in [-0.39, 0.29) is 18.4 Å². The minimum absolute atomic E-state index is 0.00742. The van der Waals surface area contributed by atoms with Gasteiger partial charge in [-0.25, -0.2) is 0 Å². The third kappa shape index (κ3) is 1.77. The highest BCUT2D eigenvalue weighted by Crippen LogP contribution is 2.38. The van der Waals surface area contributed by atoms with Gasteiger partial charge in [0, 0.05) is 5.56 Å². The predicted molar refractivity (Wildman–Crippen MR) is 72.1 cm³/mol. The first kappa shape index (κ1) is 12.1. The molecular formula is C14H11N3O3. The van der Waals surface area contributed by atoms with Crippen LogP contribution in [0.4, 0.5) is 11.6 Å². The fraction of sp³-hybridized carbons (Fsp3) is 0.143. The van der Waals surface area contributed by atoms with Crippen LogP contribution in [0.2, 0.25) is 0 Å². The highest BCUT2D eigenvalue weighted by molar-refractivity contribution is 5.96. The van der Waals surface area contributed by atoms with E-state index >= 15 is 0 Å². The SMILES string of the molecule is Cc1oc(N)c(C#N)c1-c1ccc2c(c1)NC(=O)CO2. The van der Waals surface area contributed by atoms with Crippen molar-refractivity contribution in [3.05, 3.63) is 29.5 Å². The molecule has 6 heteroatoms. The number of carbonyl (C=O) groups is 1. The number of fused-ring (bicyclic) bond motifs is 1. The first-order valence-electron chi connectivity index (χ1n) is 5.96. The van der Waals surface area contributed by atoms with E-state index < -0.39 is 0 Å². The third-order valence-electron chi connectivity index (χ3n) is 3.12. The van der Waals surface area contributed by atoms with Crippen LogP contribution in [0.1, 0.15) is 11.3 Å². The highest BCUT2D eigenvalue weighted by atomic mass is 16.5. The van der Waals surface area contributed by atoms with Crippen molar-refractivity contribution in [3.8, 4) is 22.9 Å². The molecule has 3 N–H and O–H groups in total. The summed E-state index contributed by atoms with van der Waals surface area (Å²) < 4.78 is 10.6. The van der Waals surface area contributed by atoms with Crippen LogP contribution in [0.5, 0.6) is 5.75 Å². The zero-order valence-electron chi connectivity index (χ0n) is 10.7. The first-order chi connectivity index (χ1) is 9.60. The molecule has 2 heterocycles. The molecule has 0 fully saturated rings. The van der Waals surface area contributed by atoms with E-state index in [0.717, 1.165) is 5.56 Å². The van der Waals surface area contributed by atoms with Crippen LogP contribution in [0, 0.1) is 18.3 Å². The molecule has 0 bridgehead atoms. The number of benzene rings is 1. The van der Waals surface area contributed by atoms with Crippen LogP contribution in [0.25, 0.3) is 11.1 Å². The maximum atomic E-state index is 11.3. The number of nitrogens with zero attached hydrogens (tertiary/aromatic N) is 1. The number of nitrogens with one attached hydrogen (secondary N) is 1. The average Bonchev–Trinajstić information content (AvgIpc) is 2.71. The lowest BCUT2D eigenvalue weighted by molar-refractivity contribution is -0.118. The molecule has 0 saturated carbocycles. The fourth-order valence-corrected chi connectivity index (χ4v) is 2.26. The van der Waals surface area contributed by atoms with Crippen molar-refractivity contribution in [3.63, 3.8) is 0 Å². The molecule has 100 valence electrons. The summed E-state index contributed by atoms with van der Waals surface area (Å²) in [5, 5.41) is 11.9. The van der Waals surface area contributed by atoms with Crippen LogP contribution < -0.4 is 15.8 Å². The number of carbonyl (C=O) groups excluding carboxylic acids is 1. The Bertz CT molecular complexity index is 756. The summed E-state index contributed by atoms with van der Waals surface area (Å²) in [6.45, 7) is 1.74. The van der Waals surface area contributed by atoms with Crippen LogP contribution in [0.15, 0.2) is 22.6 Å². The van der Waals surface area contributed by atoms with Crippen molar-refractivity contribution >= 4 is 17.5 Å². The second kappa shape index (κ2) is 4.31. The number of furan rings is 1. The van der Waals surface area contributed by atoms with Crippen molar-refractivity contribution in [1.82, 2.24) is 0 Å². The van der Waals surface area contributed by atoms with E-state index in [4.69, 9.17) is 20.1 Å². The molecule has 1 aromatic heterocycles. The van der Waals surface area contributed by atoms with Crippen LogP contribution in [-0.4, -0.2) is 12.5 Å². The Balaban J connectivity index is 2.15. The minimum atomic E-state index is -0.210. The molecule has 0 saturated heterocycles. The van der Waals surface area contributed by atoms with Gasteiger partial charge in [-0.2, -0.15) is 5.26 Å². The van der Waals surface area contributed by atoms with Gasteiger partial charge in [0.25, 0.3) is 5.91 Å². The van der Waals surface area contributed by atoms with Gasteiger partial charge < -0.3 is 20.2 Å². The molecule has 6 nitrogen and oxygen atoms in total. The van der Waals surface area contributed by atoms with E-state index in [1.807, 2.05) is 6.07 Å². The van der Waals surface area contributed by atoms with E-state index in [0.29, 0.717) is 28.3 Å². The standard InChI is InChI=1S/C14H11N3O3/c1-7-13(9(5-15)14(16)20-7)8-2-3-11-10(4-8)17-12(18)6-19-11/h2-4H,6,16H2,1H3,(H,17,18). The van der Waals surface area contributed by atoms with Gasteiger partial charge in [0.05, 0.1) is 5.69 Å². The summed E-state index contributed by atoms with van der Waals surface area (Å²) in [4.78, 5) is 11.3. The second-order valence-electron chi connectivity index (χ2n) is 4.43. The number of aryl methyl sites for hydroxylation is 1. The molecule has 0 spiro atoms. The lowest BCUT2D eigenvalue weighted by atomic mass is 10.0. The van der Waals surface area contributed by atoms with Gasteiger partial charge in [-0.3, -0.25) is 4.79 Å².